The molecule has 0 radical (unpaired) electrons. The molecule has 0 spiro atoms. The second kappa shape index (κ2) is 5.03. The van der Waals surface area contributed by atoms with Gasteiger partial charge >= 0.3 is 0 Å². The molecule has 0 amide bonds. The summed E-state index contributed by atoms with van der Waals surface area (Å²) in [5.74, 6) is 0.811. The summed E-state index contributed by atoms with van der Waals surface area (Å²) in [7, 11) is 0. The highest BCUT2D eigenvalue weighted by Gasteiger charge is 2.17. The Bertz CT molecular complexity index is 979. The molecule has 0 fully saturated rings. The number of nitrogens with zero attached hydrogens (tertiary/aromatic N) is 5. The molecular formula is C16H12ClN5. The maximum Gasteiger partial charge on any atom is 0.178 e. The van der Waals surface area contributed by atoms with Gasteiger partial charge in [0.1, 0.15) is 5.15 Å². The van der Waals surface area contributed by atoms with Crippen molar-refractivity contribution in [1.29, 1.82) is 0 Å². The van der Waals surface area contributed by atoms with Gasteiger partial charge in [0.15, 0.2) is 11.5 Å². The topological polar surface area (TPSA) is 56.0 Å². The molecule has 1 aromatic carbocycles. The van der Waals surface area contributed by atoms with Gasteiger partial charge in [-0.15, -0.1) is 10.2 Å². The lowest BCUT2D eigenvalue weighted by Crippen LogP contribution is -2.05. The first-order valence-corrected chi connectivity index (χ1v) is 7.33. The third-order valence-corrected chi connectivity index (χ3v) is 3.97. The quantitative estimate of drug-likeness (QED) is 0.569. The predicted octanol–water partition coefficient (Wildman–Crippen LogP) is 3.48. The van der Waals surface area contributed by atoms with Crippen molar-refractivity contribution in [2.45, 2.75) is 12.8 Å². The van der Waals surface area contributed by atoms with E-state index in [0.29, 0.717) is 10.8 Å². The number of hydrogen-bond donors (Lipinski definition) is 0. The van der Waals surface area contributed by atoms with E-state index in [1.54, 1.807) is 16.8 Å². The highest BCUT2D eigenvalue weighted by atomic mass is 35.5. The molecule has 108 valence electrons. The molecule has 3 aromatic heterocycles. The average molecular weight is 310 g/mol. The Kier molecular flexibility index (Phi) is 3.01. The molecular weight excluding hydrogens is 298 g/mol. The monoisotopic (exact) mass is 309 g/mol. The van der Waals surface area contributed by atoms with E-state index in [1.807, 2.05) is 18.2 Å². The van der Waals surface area contributed by atoms with Crippen LogP contribution in [0.25, 0.3) is 16.6 Å². The smallest absolute Gasteiger partial charge is 0.178 e. The molecule has 0 aliphatic carbocycles. The van der Waals surface area contributed by atoms with E-state index >= 15 is 0 Å². The Morgan fingerprint density at radius 1 is 1.09 bits per heavy atom. The van der Waals surface area contributed by atoms with Gasteiger partial charge < -0.3 is 0 Å². The lowest BCUT2D eigenvalue weighted by molar-refractivity contribution is 0.751. The number of pyridine rings is 1. The fraction of sp³-hybridized carbons (Fsp3) is 0.125. The van der Waals surface area contributed by atoms with Crippen LogP contribution in [0.4, 0.5) is 0 Å². The first-order chi connectivity index (χ1) is 10.7. The highest BCUT2D eigenvalue weighted by Crippen LogP contribution is 2.25. The average Bonchev–Trinajstić information content (AvgIpc) is 2.96. The van der Waals surface area contributed by atoms with Crippen molar-refractivity contribution in [3.63, 3.8) is 0 Å². The first-order valence-electron chi connectivity index (χ1n) is 6.95. The van der Waals surface area contributed by atoms with Crippen LogP contribution in [-0.2, 0) is 0 Å². The van der Waals surface area contributed by atoms with E-state index in [2.05, 4.69) is 45.4 Å². The summed E-state index contributed by atoms with van der Waals surface area (Å²) in [6, 6.07) is 13.7. The van der Waals surface area contributed by atoms with Gasteiger partial charge in [0.25, 0.3) is 0 Å². The standard InChI is InChI=1S/C16H12ClN5/c1-10(11-4-5-13-12(9-11)3-2-8-18-13)16-20-19-15-7-6-14(17)21-22(15)16/h2-10H,1H3. The summed E-state index contributed by atoms with van der Waals surface area (Å²) in [4.78, 5) is 4.34. The van der Waals surface area contributed by atoms with Crippen LogP contribution >= 0.6 is 11.6 Å². The van der Waals surface area contributed by atoms with Crippen LogP contribution in [-0.4, -0.2) is 24.8 Å². The molecule has 4 aromatic rings. The first kappa shape index (κ1) is 13.2. The molecule has 4 rings (SSSR count). The normalized spacial score (nSPS) is 12.8. The van der Waals surface area contributed by atoms with Gasteiger partial charge in [0.2, 0.25) is 0 Å². The summed E-state index contributed by atoms with van der Waals surface area (Å²) >= 11 is 5.98. The van der Waals surface area contributed by atoms with E-state index < -0.39 is 0 Å². The van der Waals surface area contributed by atoms with Crippen molar-refractivity contribution >= 4 is 28.2 Å². The van der Waals surface area contributed by atoms with Crippen molar-refractivity contribution in [2.24, 2.45) is 0 Å². The van der Waals surface area contributed by atoms with Crippen LogP contribution < -0.4 is 0 Å². The van der Waals surface area contributed by atoms with Gasteiger partial charge in [0.05, 0.1) is 5.52 Å². The lowest BCUT2D eigenvalue weighted by atomic mass is 9.98. The molecule has 1 unspecified atom stereocenters. The Hall–Kier alpha value is -2.53. The van der Waals surface area contributed by atoms with E-state index in [4.69, 9.17) is 11.6 Å². The van der Waals surface area contributed by atoms with Gasteiger partial charge in [-0.2, -0.15) is 9.61 Å². The van der Waals surface area contributed by atoms with Gasteiger partial charge in [-0.1, -0.05) is 30.7 Å². The SMILES string of the molecule is CC(c1ccc2ncccc2c1)c1nnc2ccc(Cl)nn12. The maximum absolute atomic E-state index is 5.98. The summed E-state index contributed by atoms with van der Waals surface area (Å²) in [5.41, 5.74) is 2.80. The number of rotatable bonds is 2. The summed E-state index contributed by atoms with van der Waals surface area (Å²) in [6.07, 6.45) is 1.80. The molecule has 0 saturated heterocycles. The van der Waals surface area contributed by atoms with Crippen LogP contribution in [0, 0.1) is 0 Å². The van der Waals surface area contributed by atoms with Gasteiger partial charge in [0, 0.05) is 17.5 Å². The fourth-order valence-corrected chi connectivity index (χ4v) is 2.70. The van der Waals surface area contributed by atoms with Crippen molar-refractivity contribution in [1.82, 2.24) is 24.8 Å². The lowest BCUT2D eigenvalue weighted by Gasteiger charge is -2.10. The van der Waals surface area contributed by atoms with E-state index in [0.717, 1.165) is 22.3 Å². The third-order valence-electron chi connectivity index (χ3n) is 3.77. The van der Waals surface area contributed by atoms with Crippen LogP contribution in [0.5, 0.6) is 0 Å². The second-order valence-corrected chi connectivity index (χ2v) is 5.55. The van der Waals surface area contributed by atoms with Crippen molar-refractivity contribution < 1.29 is 0 Å². The Morgan fingerprint density at radius 3 is 2.91 bits per heavy atom. The molecule has 0 N–H and O–H groups in total. The van der Waals surface area contributed by atoms with Crippen molar-refractivity contribution in [2.75, 3.05) is 0 Å². The molecule has 0 aliphatic rings. The third kappa shape index (κ3) is 2.10. The molecule has 3 heterocycles. The second-order valence-electron chi connectivity index (χ2n) is 5.16. The number of fused-ring (bicyclic) bond motifs is 2. The van der Waals surface area contributed by atoms with Crippen LogP contribution in [0.3, 0.4) is 0 Å². The molecule has 0 saturated carbocycles. The summed E-state index contributed by atoms with van der Waals surface area (Å²) in [5, 5.41) is 14.2. The zero-order valence-corrected chi connectivity index (χ0v) is 12.6. The largest absolute Gasteiger partial charge is 0.256 e. The molecule has 5 nitrogen and oxygen atoms in total. The summed E-state index contributed by atoms with van der Waals surface area (Å²) in [6.45, 7) is 2.08. The van der Waals surface area contributed by atoms with E-state index in [-0.39, 0.29) is 5.92 Å². The number of halogens is 1. The number of hydrogen-bond acceptors (Lipinski definition) is 4. The number of benzene rings is 1. The Labute approximate surface area is 131 Å². The van der Waals surface area contributed by atoms with Crippen molar-refractivity contribution in [3.05, 3.63) is 65.2 Å². The van der Waals surface area contributed by atoms with Gasteiger partial charge in [-0.05, 0) is 35.9 Å². The molecule has 22 heavy (non-hydrogen) atoms. The summed E-state index contributed by atoms with van der Waals surface area (Å²) < 4.78 is 1.69. The van der Waals surface area contributed by atoms with Crippen molar-refractivity contribution in [3.8, 4) is 0 Å². The number of aromatic nitrogens is 5. The maximum atomic E-state index is 5.98. The zero-order valence-electron chi connectivity index (χ0n) is 11.8. The zero-order chi connectivity index (χ0) is 15.1. The minimum atomic E-state index is 0.0468. The van der Waals surface area contributed by atoms with Gasteiger partial charge in [-0.25, -0.2) is 0 Å². The van der Waals surface area contributed by atoms with E-state index in [1.165, 1.54) is 0 Å². The minimum absolute atomic E-state index is 0.0468. The fourth-order valence-electron chi connectivity index (χ4n) is 2.57. The molecule has 0 aliphatic heterocycles. The highest BCUT2D eigenvalue weighted by molar-refractivity contribution is 6.29. The molecule has 6 heteroatoms. The molecule has 1 atom stereocenters. The Morgan fingerprint density at radius 2 is 2.00 bits per heavy atom. The van der Waals surface area contributed by atoms with Crippen LogP contribution in [0.15, 0.2) is 48.7 Å². The predicted molar refractivity (Wildman–Crippen MR) is 85.1 cm³/mol. The minimum Gasteiger partial charge on any atom is -0.256 e. The van der Waals surface area contributed by atoms with Crippen LogP contribution in [0.2, 0.25) is 5.15 Å². The van der Waals surface area contributed by atoms with Gasteiger partial charge in [-0.3, -0.25) is 4.98 Å². The van der Waals surface area contributed by atoms with E-state index in [9.17, 15) is 0 Å². The van der Waals surface area contributed by atoms with Crippen LogP contribution in [0.1, 0.15) is 24.2 Å². The Balaban J connectivity index is 1.84. The molecule has 0 bridgehead atoms.